The first kappa shape index (κ1) is 27.0. The molecule has 0 aromatic heterocycles. The number of rotatable bonds is 7. The van der Waals surface area contributed by atoms with E-state index in [9.17, 15) is 50.1 Å². The van der Waals surface area contributed by atoms with Crippen LogP contribution in [0.3, 0.4) is 0 Å². The van der Waals surface area contributed by atoms with Gasteiger partial charge in [-0.25, -0.2) is 14.4 Å². The first-order chi connectivity index (χ1) is 17.4. The Labute approximate surface area is 209 Å². The number of aromatic hydroxyl groups is 4. The predicted molar refractivity (Wildman–Crippen MR) is 125 cm³/mol. The van der Waals surface area contributed by atoms with Crippen molar-refractivity contribution in [2.24, 2.45) is 0 Å². The monoisotopic (exact) mass is 516 g/mol. The van der Waals surface area contributed by atoms with Crippen LogP contribution in [0.25, 0.3) is 12.2 Å². The van der Waals surface area contributed by atoms with Crippen molar-refractivity contribution in [3.63, 3.8) is 0 Å². The normalized spacial score (nSPS) is 23.7. The molecule has 0 amide bonds. The Hall–Kier alpha value is -4.55. The van der Waals surface area contributed by atoms with Crippen molar-refractivity contribution < 1.29 is 59.6 Å². The molecule has 37 heavy (non-hydrogen) atoms. The highest BCUT2D eigenvalue weighted by molar-refractivity contribution is 5.91. The SMILES string of the molecule is O=C(/C=C\c1ccc(O)c(O)c1)O[C@H]1C[C@](OC(=O)/C=C/c2ccc(O)c(O)c2)(C(=O)O)C[C@H](O)[C@H]1O. The molecular formula is C25H24O12. The number of ether oxygens (including phenoxy) is 2. The number of aliphatic hydroxyl groups excluding tert-OH is 2. The van der Waals surface area contributed by atoms with Crippen molar-refractivity contribution in [2.45, 2.75) is 36.8 Å². The van der Waals surface area contributed by atoms with Crippen molar-refractivity contribution in [3.05, 3.63) is 59.7 Å². The zero-order chi connectivity index (χ0) is 27.3. The number of carboxylic acid groups (broad SMARTS) is 1. The Morgan fingerprint density at radius 1 is 0.784 bits per heavy atom. The standard InChI is InChI=1S/C25H24O12/c26-15-5-1-13(9-17(15)28)3-7-21(31)36-20-12-25(24(34)35,11-19(30)23(20)33)37-22(32)8-4-14-2-6-16(27)18(29)10-14/h1-10,19-20,23,26-30,33H,11-12H2,(H,34,35)/b7-3-,8-4+/t19-,20-,23+,25-/m0/s1. The summed E-state index contributed by atoms with van der Waals surface area (Å²) in [5.41, 5.74) is -1.73. The molecule has 1 saturated carbocycles. The highest BCUT2D eigenvalue weighted by Gasteiger charge is 2.54. The minimum Gasteiger partial charge on any atom is -0.504 e. The molecule has 0 heterocycles. The van der Waals surface area contributed by atoms with Gasteiger partial charge in [-0.3, -0.25) is 0 Å². The number of carbonyl (C=O) groups is 3. The summed E-state index contributed by atoms with van der Waals surface area (Å²) in [6.07, 6.45) is -2.09. The van der Waals surface area contributed by atoms with Crippen molar-refractivity contribution in [1.29, 1.82) is 0 Å². The van der Waals surface area contributed by atoms with Gasteiger partial charge < -0.3 is 45.2 Å². The molecule has 1 fully saturated rings. The number of phenols is 4. The number of benzene rings is 2. The summed E-state index contributed by atoms with van der Waals surface area (Å²) in [6.45, 7) is 0. The largest absolute Gasteiger partial charge is 0.504 e. The van der Waals surface area contributed by atoms with Crippen LogP contribution in [0.4, 0.5) is 0 Å². The van der Waals surface area contributed by atoms with Gasteiger partial charge in [-0.1, -0.05) is 12.1 Å². The molecule has 0 bridgehead atoms. The maximum atomic E-state index is 12.4. The van der Waals surface area contributed by atoms with Gasteiger partial charge in [0.25, 0.3) is 0 Å². The van der Waals surface area contributed by atoms with Gasteiger partial charge in [0.1, 0.15) is 12.2 Å². The van der Waals surface area contributed by atoms with Crippen LogP contribution < -0.4 is 0 Å². The van der Waals surface area contributed by atoms with Gasteiger partial charge >= 0.3 is 17.9 Å². The summed E-state index contributed by atoms with van der Waals surface area (Å²) in [5.74, 6) is -5.41. The Morgan fingerprint density at radius 3 is 1.78 bits per heavy atom. The third-order valence-corrected chi connectivity index (χ3v) is 5.62. The Kier molecular flexibility index (Phi) is 8.05. The van der Waals surface area contributed by atoms with E-state index in [1.54, 1.807) is 0 Å². The van der Waals surface area contributed by atoms with Crippen LogP contribution in [0, 0.1) is 0 Å². The number of hydrogen-bond acceptors (Lipinski definition) is 11. The maximum Gasteiger partial charge on any atom is 0.348 e. The van der Waals surface area contributed by atoms with Gasteiger partial charge in [-0.15, -0.1) is 0 Å². The molecule has 7 N–H and O–H groups in total. The third-order valence-electron chi connectivity index (χ3n) is 5.62. The molecule has 4 atom stereocenters. The van der Waals surface area contributed by atoms with Crippen LogP contribution in [-0.2, 0) is 23.9 Å². The van der Waals surface area contributed by atoms with Gasteiger partial charge in [-0.2, -0.15) is 0 Å². The molecular weight excluding hydrogens is 492 g/mol. The van der Waals surface area contributed by atoms with Gasteiger partial charge in [0.2, 0.25) is 5.60 Å². The number of esters is 2. The molecule has 12 heteroatoms. The zero-order valence-electron chi connectivity index (χ0n) is 19.1. The Bertz CT molecular complexity index is 1250. The molecule has 0 unspecified atom stereocenters. The molecule has 196 valence electrons. The number of carboxylic acids is 1. The molecule has 0 saturated heterocycles. The van der Waals surface area contributed by atoms with Crippen molar-refractivity contribution in [3.8, 4) is 23.0 Å². The summed E-state index contributed by atoms with van der Waals surface area (Å²) < 4.78 is 10.2. The fraction of sp³-hybridized carbons (Fsp3) is 0.240. The number of carbonyl (C=O) groups excluding carboxylic acids is 2. The second-order valence-corrected chi connectivity index (χ2v) is 8.33. The molecule has 1 aliphatic rings. The molecule has 2 aromatic carbocycles. The maximum absolute atomic E-state index is 12.4. The molecule has 1 aliphatic carbocycles. The van der Waals surface area contributed by atoms with Gasteiger partial charge in [-0.05, 0) is 47.5 Å². The van der Waals surface area contributed by atoms with Crippen molar-refractivity contribution in [2.75, 3.05) is 0 Å². The van der Waals surface area contributed by atoms with E-state index in [0.717, 1.165) is 18.2 Å². The highest BCUT2D eigenvalue weighted by atomic mass is 16.6. The summed E-state index contributed by atoms with van der Waals surface area (Å²) >= 11 is 0. The second-order valence-electron chi connectivity index (χ2n) is 8.33. The first-order valence-corrected chi connectivity index (χ1v) is 10.8. The summed E-state index contributed by atoms with van der Waals surface area (Å²) in [7, 11) is 0. The lowest BCUT2D eigenvalue weighted by atomic mass is 9.79. The van der Waals surface area contributed by atoms with E-state index in [1.165, 1.54) is 42.5 Å². The van der Waals surface area contributed by atoms with Crippen LogP contribution >= 0.6 is 0 Å². The van der Waals surface area contributed by atoms with E-state index >= 15 is 0 Å². The van der Waals surface area contributed by atoms with Crippen LogP contribution in [0.2, 0.25) is 0 Å². The van der Waals surface area contributed by atoms with Crippen molar-refractivity contribution >= 4 is 30.1 Å². The van der Waals surface area contributed by atoms with E-state index in [1.807, 2.05) is 0 Å². The predicted octanol–water partition coefficient (Wildman–Crippen LogP) is 1.03. The van der Waals surface area contributed by atoms with Crippen molar-refractivity contribution in [1.82, 2.24) is 0 Å². The topological polar surface area (TPSA) is 211 Å². The van der Waals surface area contributed by atoms with E-state index in [-0.39, 0.29) is 17.1 Å². The summed E-state index contributed by atoms with van der Waals surface area (Å²) in [4.78, 5) is 36.7. The zero-order valence-corrected chi connectivity index (χ0v) is 19.1. The van der Waals surface area contributed by atoms with E-state index < -0.39 is 66.2 Å². The smallest absolute Gasteiger partial charge is 0.348 e. The number of phenolic OH excluding ortho intramolecular Hbond substituents is 4. The quantitative estimate of drug-likeness (QED) is 0.156. The van der Waals surface area contributed by atoms with Crippen LogP contribution in [0.15, 0.2) is 48.6 Å². The molecule has 12 nitrogen and oxygen atoms in total. The number of aliphatic carboxylic acids is 1. The first-order valence-electron chi connectivity index (χ1n) is 10.8. The lowest BCUT2D eigenvalue weighted by Gasteiger charge is -2.41. The fourth-order valence-corrected chi connectivity index (χ4v) is 3.68. The number of hydrogen-bond donors (Lipinski definition) is 7. The minimum atomic E-state index is -2.34. The van der Waals surface area contributed by atoms with Gasteiger partial charge in [0, 0.05) is 25.0 Å². The van der Waals surface area contributed by atoms with Gasteiger partial charge in [0.15, 0.2) is 23.0 Å². The van der Waals surface area contributed by atoms with Crippen LogP contribution in [0.5, 0.6) is 23.0 Å². The molecule has 0 aliphatic heterocycles. The van der Waals surface area contributed by atoms with Gasteiger partial charge in [0.05, 0.1) is 6.10 Å². The average Bonchev–Trinajstić information content (AvgIpc) is 2.83. The highest BCUT2D eigenvalue weighted by Crippen LogP contribution is 2.35. The third kappa shape index (κ3) is 6.57. The van der Waals surface area contributed by atoms with Crippen LogP contribution in [0.1, 0.15) is 24.0 Å². The van der Waals surface area contributed by atoms with Crippen LogP contribution in [-0.4, -0.2) is 77.6 Å². The Morgan fingerprint density at radius 2 is 1.30 bits per heavy atom. The minimum absolute atomic E-state index is 0.288. The lowest BCUT2D eigenvalue weighted by Crippen LogP contribution is -2.58. The van der Waals surface area contributed by atoms with E-state index in [2.05, 4.69) is 0 Å². The lowest BCUT2D eigenvalue weighted by molar-refractivity contribution is -0.207. The average molecular weight is 516 g/mol. The fourth-order valence-electron chi connectivity index (χ4n) is 3.68. The van der Waals surface area contributed by atoms with E-state index in [0.29, 0.717) is 5.56 Å². The molecule has 0 radical (unpaired) electrons. The molecule has 0 spiro atoms. The molecule has 3 rings (SSSR count). The van der Waals surface area contributed by atoms with E-state index in [4.69, 9.17) is 9.47 Å². The second kappa shape index (κ2) is 11.0. The Balaban J connectivity index is 1.73. The molecule has 2 aromatic rings. The summed E-state index contributed by atoms with van der Waals surface area (Å²) in [5, 5.41) is 68.0. The summed E-state index contributed by atoms with van der Waals surface area (Å²) in [6, 6.07) is 7.44. The number of aliphatic hydroxyl groups is 2.